The predicted molar refractivity (Wildman–Crippen MR) is 118 cm³/mol. The second-order valence-electron chi connectivity index (χ2n) is 6.01. The Morgan fingerprint density at radius 1 is 1.19 bits per heavy atom. The highest BCUT2D eigenvalue weighted by atomic mass is 127. The van der Waals surface area contributed by atoms with Crippen LogP contribution in [0.4, 0.5) is 5.69 Å². The Bertz CT molecular complexity index is 1030. The lowest BCUT2D eigenvalue weighted by atomic mass is 10.2. The fraction of sp³-hybridized carbons (Fsp3) is 0.100. The summed E-state index contributed by atoms with van der Waals surface area (Å²) in [6, 6.07) is 15.0. The Balaban J connectivity index is 1.82. The van der Waals surface area contributed by atoms with E-state index in [1.807, 2.05) is 13.8 Å². The number of carboxylic acids is 1. The van der Waals surface area contributed by atoms with Crippen molar-refractivity contribution >= 4 is 52.1 Å². The van der Waals surface area contributed by atoms with Crippen molar-refractivity contribution in [2.45, 2.75) is 13.8 Å². The van der Waals surface area contributed by atoms with E-state index < -0.39 is 5.97 Å². The summed E-state index contributed by atoms with van der Waals surface area (Å²) in [5.74, 6) is -1.08. The first-order valence-electron chi connectivity index (χ1n) is 8.13. The molecule has 0 fully saturated rings. The zero-order valence-electron chi connectivity index (χ0n) is 14.7. The monoisotopic (exact) mass is 493 g/mol. The van der Waals surface area contributed by atoms with Crippen LogP contribution in [0.2, 0.25) is 5.02 Å². The minimum absolute atomic E-state index is 0.0359. The molecule has 2 aromatic carbocycles. The molecule has 5 nitrogen and oxygen atoms in total. The number of nitrogens with zero attached hydrogens (tertiary/aromatic N) is 2. The average Bonchev–Trinajstić information content (AvgIpc) is 2.91. The van der Waals surface area contributed by atoms with Gasteiger partial charge in [0, 0.05) is 26.2 Å². The molecule has 0 aliphatic rings. The molecule has 0 amide bonds. The lowest BCUT2D eigenvalue weighted by molar-refractivity contribution is 0.0697. The molecule has 0 aliphatic carbocycles. The van der Waals surface area contributed by atoms with Crippen molar-refractivity contribution in [1.29, 1.82) is 0 Å². The van der Waals surface area contributed by atoms with Crippen LogP contribution in [0.3, 0.4) is 0 Å². The fourth-order valence-corrected chi connectivity index (χ4v) is 3.40. The molecule has 0 saturated heterocycles. The highest BCUT2D eigenvalue weighted by molar-refractivity contribution is 14.1. The quantitative estimate of drug-likeness (QED) is 0.280. The van der Waals surface area contributed by atoms with Gasteiger partial charge in [0.15, 0.2) is 0 Å². The molecule has 0 atom stereocenters. The molecule has 1 heterocycles. The molecule has 3 rings (SSSR count). The number of benzene rings is 2. The second-order valence-corrected chi connectivity index (χ2v) is 7.66. The molecule has 0 bridgehead atoms. The number of halogens is 2. The molecule has 1 aromatic heterocycles. The van der Waals surface area contributed by atoms with Gasteiger partial charge < -0.3 is 9.67 Å². The number of aromatic carboxylic acids is 1. The summed E-state index contributed by atoms with van der Waals surface area (Å²) in [6.45, 7) is 4.09. The van der Waals surface area contributed by atoms with E-state index in [9.17, 15) is 4.79 Å². The number of hydrazone groups is 1. The van der Waals surface area contributed by atoms with Crippen LogP contribution in [0.25, 0.3) is 5.69 Å². The van der Waals surface area contributed by atoms with Crippen LogP contribution in [0.5, 0.6) is 0 Å². The number of aromatic nitrogens is 1. The van der Waals surface area contributed by atoms with E-state index in [0.29, 0.717) is 5.69 Å². The Morgan fingerprint density at radius 3 is 2.56 bits per heavy atom. The van der Waals surface area contributed by atoms with Gasteiger partial charge in [0.05, 0.1) is 22.5 Å². The van der Waals surface area contributed by atoms with Crippen molar-refractivity contribution in [3.63, 3.8) is 0 Å². The van der Waals surface area contributed by atoms with E-state index in [-0.39, 0.29) is 10.6 Å². The van der Waals surface area contributed by atoms with Crippen molar-refractivity contribution in [2.75, 3.05) is 5.43 Å². The van der Waals surface area contributed by atoms with Gasteiger partial charge in [-0.25, -0.2) is 4.79 Å². The van der Waals surface area contributed by atoms with Gasteiger partial charge in [-0.05, 0) is 85.0 Å². The van der Waals surface area contributed by atoms with Gasteiger partial charge in [-0.15, -0.1) is 0 Å². The van der Waals surface area contributed by atoms with E-state index in [1.54, 1.807) is 12.3 Å². The summed E-state index contributed by atoms with van der Waals surface area (Å²) >= 11 is 8.17. The van der Waals surface area contributed by atoms with Crippen molar-refractivity contribution < 1.29 is 9.90 Å². The first-order chi connectivity index (χ1) is 12.9. The Hall–Kier alpha value is -2.32. The third-order valence-corrected chi connectivity index (χ3v) is 5.20. The molecule has 0 saturated carbocycles. The van der Waals surface area contributed by atoms with Gasteiger partial charge >= 0.3 is 5.97 Å². The average molecular weight is 494 g/mol. The molecule has 7 heteroatoms. The number of aryl methyl sites for hydroxylation is 1. The number of hydrogen-bond donors (Lipinski definition) is 2. The SMILES string of the molecule is Cc1cc(C=NNc2ccc(Cl)c(C(=O)O)c2)c(C)n1-c1ccc(I)cc1. The number of hydrogen-bond acceptors (Lipinski definition) is 3. The summed E-state index contributed by atoms with van der Waals surface area (Å²) in [7, 11) is 0. The summed E-state index contributed by atoms with van der Waals surface area (Å²) in [5, 5.41) is 13.6. The first-order valence-corrected chi connectivity index (χ1v) is 9.59. The minimum atomic E-state index is -1.08. The molecular formula is C20H17ClIN3O2. The smallest absolute Gasteiger partial charge is 0.337 e. The molecule has 0 unspecified atom stereocenters. The van der Waals surface area contributed by atoms with E-state index in [1.165, 1.54) is 15.7 Å². The van der Waals surface area contributed by atoms with Crippen molar-refractivity contribution in [1.82, 2.24) is 4.57 Å². The zero-order chi connectivity index (χ0) is 19.6. The maximum absolute atomic E-state index is 11.2. The maximum atomic E-state index is 11.2. The highest BCUT2D eigenvalue weighted by Crippen LogP contribution is 2.22. The zero-order valence-corrected chi connectivity index (χ0v) is 17.6. The van der Waals surface area contributed by atoms with Gasteiger partial charge in [0.25, 0.3) is 0 Å². The van der Waals surface area contributed by atoms with Crippen molar-refractivity contribution in [2.24, 2.45) is 5.10 Å². The third kappa shape index (κ3) is 4.33. The molecule has 0 aliphatic heterocycles. The van der Waals surface area contributed by atoms with Crippen LogP contribution in [-0.4, -0.2) is 21.9 Å². The number of anilines is 1. The van der Waals surface area contributed by atoms with Crippen LogP contribution in [0, 0.1) is 17.4 Å². The summed E-state index contributed by atoms with van der Waals surface area (Å²) < 4.78 is 3.36. The summed E-state index contributed by atoms with van der Waals surface area (Å²) in [4.78, 5) is 11.2. The molecule has 0 spiro atoms. The predicted octanol–water partition coefficient (Wildman–Crippen LogP) is 5.50. The summed E-state index contributed by atoms with van der Waals surface area (Å²) in [6.07, 6.45) is 1.72. The maximum Gasteiger partial charge on any atom is 0.337 e. The first kappa shape index (κ1) is 19.4. The molecule has 138 valence electrons. The van der Waals surface area contributed by atoms with Gasteiger partial charge in [-0.2, -0.15) is 5.10 Å². The van der Waals surface area contributed by atoms with Crippen LogP contribution in [0.15, 0.2) is 53.6 Å². The van der Waals surface area contributed by atoms with Crippen LogP contribution in [0.1, 0.15) is 27.3 Å². The molecular weight excluding hydrogens is 477 g/mol. The van der Waals surface area contributed by atoms with E-state index in [0.717, 1.165) is 22.6 Å². The van der Waals surface area contributed by atoms with Gasteiger partial charge in [-0.3, -0.25) is 5.43 Å². The van der Waals surface area contributed by atoms with Crippen LogP contribution < -0.4 is 5.43 Å². The Kier molecular flexibility index (Phi) is 5.86. The van der Waals surface area contributed by atoms with E-state index >= 15 is 0 Å². The van der Waals surface area contributed by atoms with Gasteiger partial charge in [-0.1, -0.05) is 11.6 Å². The molecule has 27 heavy (non-hydrogen) atoms. The minimum Gasteiger partial charge on any atom is -0.478 e. The van der Waals surface area contributed by atoms with Crippen LogP contribution in [-0.2, 0) is 0 Å². The number of rotatable bonds is 5. The van der Waals surface area contributed by atoms with Crippen molar-refractivity contribution in [3.05, 3.63) is 79.6 Å². The molecule has 0 radical (unpaired) electrons. The molecule has 3 aromatic rings. The Morgan fingerprint density at radius 2 is 1.89 bits per heavy atom. The lowest BCUT2D eigenvalue weighted by Crippen LogP contribution is -2.00. The van der Waals surface area contributed by atoms with Gasteiger partial charge in [0.2, 0.25) is 0 Å². The largest absolute Gasteiger partial charge is 0.478 e. The van der Waals surface area contributed by atoms with E-state index in [2.05, 4.69) is 68.0 Å². The van der Waals surface area contributed by atoms with E-state index in [4.69, 9.17) is 16.7 Å². The highest BCUT2D eigenvalue weighted by Gasteiger charge is 2.10. The van der Waals surface area contributed by atoms with Crippen molar-refractivity contribution in [3.8, 4) is 5.69 Å². The fourth-order valence-electron chi connectivity index (χ4n) is 2.84. The Labute approximate surface area is 175 Å². The normalized spacial score (nSPS) is 11.1. The summed E-state index contributed by atoms with van der Waals surface area (Å²) in [5.41, 5.74) is 7.70. The lowest BCUT2D eigenvalue weighted by Gasteiger charge is -2.09. The van der Waals surface area contributed by atoms with Gasteiger partial charge in [0.1, 0.15) is 0 Å². The second kappa shape index (κ2) is 8.14. The van der Waals surface area contributed by atoms with Crippen LogP contribution >= 0.6 is 34.2 Å². The number of carbonyl (C=O) groups is 1. The molecule has 2 N–H and O–H groups in total. The number of carboxylic acid groups (broad SMARTS) is 1. The third-order valence-electron chi connectivity index (χ3n) is 4.15. The standard InChI is InChI=1S/C20H17ClIN3O2/c1-12-9-14(13(2)25(12)17-6-3-15(22)4-7-17)11-23-24-16-5-8-19(21)18(10-16)20(26)27/h3-11,24H,1-2H3,(H,26,27). The number of nitrogens with one attached hydrogen (secondary N) is 1. The topological polar surface area (TPSA) is 66.6 Å².